The minimum absolute atomic E-state index is 0.0401. The zero-order valence-corrected chi connectivity index (χ0v) is 13.0. The van der Waals surface area contributed by atoms with E-state index in [9.17, 15) is 4.79 Å². The molecular formula is C16H30N2O. The molecule has 2 aliphatic rings. The Hall–Kier alpha value is -0.570. The van der Waals surface area contributed by atoms with Crippen LogP contribution in [0.5, 0.6) is 0 Å². The topological polar surface area (TPSA) is 32.3 Å². The first kappa shape index (κ1) is 14.8. The molecule has 2 fully saturated rings. The lowest BCUT2D eigenvalue weighted by molar-refractivity contribution is -0.131. The molecule has 1 saturated heterocycles. The highest BCUT2D eigenvalue weighted by atomic mass is 16.2. The summed E-state index contributed by atoms with van der Waals surface area (Å²) < 4.78 is 0. The lowest BCUT2D eigenvalue weighted by Crippen LogP contribution is -2.42. The standard InChI is InChI=1S/C16H30N2O/c1-5-12(4)14-16(19)18(15(17-14)11(2)3)10-6-7-13-8-9-13/h11-15,17H,5-10H2,1-4H3. The van der Waals surface area contributed by atoms with E-state index in [1.807, 2.05) is 0 Å². The van der Waals surface area contributed by atoms with Gasteiger partial charge in [0.1, 0.15) is 0 Å². The van der Waals surface area contributed by atoms with Crippen molar-refractivity contribution in [1.29, 1.82) is 0 Å². The molecule has 3 atom stereocenters. The normalized spacial score (nSPS) is 29.3. The van der Waals surface area contributed by atoms with Gasteiger partial charge >= 0.3 is 0 Å². The predicted molar refractivity (Wildman–Crippen MR) is 78.7 cm³/mol. The van der Waals surface area contributed by atoms with Gasteiger partial charge in [-0.15, -0.1) is 0 Å². The van der Waals surface area contributed by atoms with Crippen LogP contribution in [-0.4, -0.2) is 29.6 Å². The summed E-state index contributed by atoms with van der Waals surface area (Å²) in [5, 5.41) is 3.57. The molecule has 1 amide bonds. The van der Waals surface area contributed by atoms with Crippen molar-refractivity contribution in [3.63, 3.8) is 0 Å². The van der Waals surface area contributed by atoms with E-state index in [2.05, 4.69) is 37.9 Å². The van der Waals surface area contributed by atoms with Crippen LogP contribution in [0.25, 0.3) is 0 Å². The molecule has 3 heteroatoms. The molecule has 1 aliphatic carbocycles. The van der Waals surface area contributed by atoms with E-state index in [1.54, 1.807) is 0 Å². The highest BCUT2D eigenvalue weighted by molar-refractivity contribution is 5.84. The van der Waals surface area contributed by atoms with E-state index in [-0.39, 0.29) is 12.2 Å². The maximum Gasteiger partial charge on any atom is 0.241 e. The lowest BCUT2D eigenvalue weighted by atomic mass is 9.99. The van der Waals surface area contributed by atoms with Crippen LogP contribution in [0.3, 0.4) is 0 Å². The molecule has 3 nitrogen and oxygen atoms in total. The first-order valence-corrected chi connectivity index (χ1v) is 8.11. The van der Waals surface area contributed by atoms with E-state index >= 15 is 0 Å². The van der Waals surface area contributed by atoms with Crippen LogP contribution in [0.4, 0.5) is 0 Å². The fraction of sp³-hybridized carbons (Fsp3) is 0.938. The van der Waals surface area contributed by atoms with E-state index in [0.717, 1.165) is 18.9 Å². The quantitative estimate of drug-likeness (QED) is 0.768. The lowest BCUT2D eigenvalue weighted by Gasteiger charge is -2.27. The van der Waals surface area contributed by atoms with Gasteiger partial charge in [-0.25, -0.2) is 0 Å². The van der Waals surface area contributed by atoms with Crippen LogP contribution in [0.2, 0.25) is 0 Å². The molecule has 1 heterocycles. The van der Waals surface area contributed by atoms with Crippen LogP contribution in [-0.2, 0) is 4.79 Å². The summed E-state index contributed by atoms with van der Waals surface area (Å²) in [6.45, 7) is 9.70. The molecule has 0 radical (unpaired) electrons. The van der Waals surface area contributed by atoms with E-state index in [1.165, 1.54) is 25.7 Å². The number of amides is 1. The Morgan fingerprint density at radius 2 is 2.00 bits per heavy atom. The number of nitrogens with zero attached hydrogens (tertiary/aromatic N) is 1. The Balaban J connectivity index is 1.93. The molecule has 3 unspecified atom stereocenters. The number of carbonyl (C=O) groups excluding carboxylic acids is 1. The molecular weight excluding hydrogens is 236 g/mol. The molecule has 110 valence electrons. The van der Waals surface area contributed by atoms with Crippen molar-refractivity contribution < 1.29 is 4.79 Å². The molecule has 19 heavy (non-hydrogen) atoms. The van der Waals surface area contributed by atoms with E-state index in [0.29, 0.717) is 17.7 Å². The van der Waals surface area contributed by atoms with Crippen molar-refractivity contribution in [2.75, 3.05) is 6.54 Å². The molecule has 0 aromatic rings. The summed E-state index contributed by atoms with van der Waals surface area (Å²) in [5.41, 5.74) is 0. The number of hydrogen-bond donors (Lipinski definition) is 1. The van der Waals surface area contributed by atoms with Crippen LogP contribution in [0.15, 0.2) is 0 Å². The molecule has 1 aliphatic heterocycles. The Morgan fingerprint density at radius 1 is 1.32 bits per heavy atom. The van der Waals surface area contributed by atoms with Gasteiger partial charge in [-0.3, -0.25) is 10.1 Å². The summed E-state index contributed by atoms with van der Waals surface area (Å²) in [4.78, 5) is 14.7. The van der Waals surface area contributed by atoms with Gasteiger partial charge in [-0.05, 0) is 30.6 Å². The van der Waals surface area contributed by atoms with Gasteiger partial charge in [-0.2, -0.15) is 0 Å². The smallest absolute Gasteiger partial charge is 0.241 e. The number of rotatable bonds is 7. The van der Waals surface area contributed by atoms with Crippen molar-refractivity contribution in [3.8, 4) is 0 Å². The average molecular weight is 266 g/mol. The fourth-order valence-corrected chi connectivity index (χ4v) is 3.06. The third kappa shape index (κ3) is 3.50. The van der Waals surface area contributed by atoms with Crippen molar-refractivity contribution in [2.45, 2.75) is 72.0 Å². The second-order valence-electron chi connectivity index (χ2n) is 6.84. The number of hydrogen-bond acceptors (Lipinski definition) is 2. The summed E-state index contributed by atoms with van der Waals surface area (Å²) in [7, 11) is 0. The molecule has 0 spiro atoms. The minimum atomic E-state index is 0.0401. The van der Waals surface area contributed by atoms with Gasteiger partial charge < -0.3 is 4.90 Å². The second kappa shape index (κ2) is 6.25. The Labute approximate surface area is 118 Å². The van der Waals surface area contributed by atoms with Crippen molar-refractivity contribution in [2.24, 2.45) is 17.8 Å². The van der Waals surface area contributed by atoms with Gasteiger partial charge in [0.2, 0.25) is 5.91 Å². The summed E-state index contributed by atoms with van der Waals surface area (Å²) in [6.07, 6.45) is 6.61. The van der Waals surface area contributed by atoms with Crippen LogP contribution in [0.1, 0.15) is 59.8 Å². The predicted octanol–water partition coefficient (Wildman–Crippen LogP) is 3.01. The van der Waals surface area contributed by atoms with Crippen molar-refractivity contribution >= 4 is 5.91 Å². The van der Waals surface area contributed by atoms with Crippen molar-refractivity contribution in [3.05, 3.63) is 0 Å². The monoisotopic (exact) mass is 266 g/mol. The second-order valence-corrected chi connectivity index (χ2v) is 6.84. The molecule has 1 N–H and O–H groups in total. The van der Waals surface area contributed by atoms with Crippen LogP contribution >= 0.6 is 0 Å². The summed E-state index contributed by atoms with van der Waals surface area (Å²) in [5.74, 6) is 2.22. The largest absolute Gasteiger partial charge is 0.326 e. The first-order chi connectivity index (χ1) is 9.04. The summed E-state index contributed by atoms with van der Waals surface area (Å²) >= 11 is 0. The molecule has 0 aromatic carbocycles. The highest BCUT2D eigenvalue weighted by Gasteiger charge is 2.41. The Kier molecular flexibility index (Phi) is 4.88. The maximum absolute atomic E-state index is 12.6. The SMILES string of the molecule is CCC(C)C1NC(C(C)C)N(CCCC2CC2)C1=O. The van der Waals surface area contributed by atoms with Gasteiger partial charge in [0.25, 0.3) is 0 Å². The molecule has 0 aromatic heterocycles. The van der Waals surface area contributed by atoms with Gasteiger partial charge in [0.15, 0.2) is 0 Å². The Bertz CT molecular complexity index is 312. The maximum atomic E-state index is 12.6. The van der Waals surface area contributed by atoms with Gasteiger partial charge in [0, 0.05) is 6.54 Å². The van der Waals surface area contributed by atoms with E-state index < -0.39 is 0 Å². The zero-order chi connectivity index (χ0) is 14.0. The third-order valence-corrected chi connectivity index (χ3v) is 4.79. The molecule has 2 rings (SSSR count). The van der Waals surface area contributed by atoms with Gasteiger partial charge in [0.05, 0.1) is 12.2 Å². The van der Waals surface area contributed by atoms with Gasteiger partial charge in [-0.1, -0.05) is 47.0 Å². The number of nitrogens with one attached hydrogen (secondary N) is 1. The summed E-state index contributed by atoms with van der Waals surface area (Å²) in [6, 6.07) is 0.0401. The third-order valence-electron chi connectivity index (χ3n) is 4.79. The van der Waals surface area contributed by atoms with Crippen molar-refractivity contribution in [1.82, 2.24) is 10.2 Å². The zero-order valence-electron chi connectivity index (χ0n) is 13.0. The van der Waals surface area contributed by atoms with Crippen LogP contribution < -0.4 is 5.32 Å². The number of carbonyl (C=O) groups is 1. The molecule has 0 bridgehead atoms. The highest BCUT2D eigenvalue weighted by Crippen LogP contribution is 2.34. The van der Waals surface area contributed by atoms with Crippen LogP contribution in [0, 0.1) is 17.8 Å². The Morgan fingerprint density at radius 3 is 2.53 bits per heavy atom. The fourth-order valence-electron chi connectivity index (χ4n) is 3.06. The average Bonchev–Trinajstić information content (AvgIpc) is 3.13. The van der Waals surface area contributed by atoms with E-state index in [4.69, 9.17) is 0 Å². The molecule has 1 saturated carbocycles. The first-order valence-electron chi connectivity index (χ1n) is 8.11. The minimum Gasteiger partial charge on any atom is -0.326 e.